The quantitative estimate of drug-likeness (QED) is 0.893. The Morgan fingerprint density at radius 3 is 2.40 bits per heavy atom. The van der Waals surface area contributed by atoms with E-state index in [1.807, 2.05) is 11.3 Å². The number of piperazine rings is 1. The molecule has 1 saturated heterocycles. The Morgan fingerprint density at radius 1 is 1.10 bits per heavy atom. The molecule has 1 saturated carbocycles. The zero-order chi connectivity index (χ0) is 12.2. The topological polar surface area (TPSA) is 15.3 Å². The maximum Gasteiger partial charge on any atom is 0.0470 e. The van der Waals surface area contributed by atoms with Gasteiger partial charge in [0.2, 0.25) is 0 Å². The molecule has 1 atom stereocenters. The lowest BCUT2D eigenvalue weighted by atomic mass is 9.82. The molecule has 3 rings (SSSR count). The van der Waals surface area contributed by atoms with Gasteiger partial charge in [-0.1, -0.05) is 25.3 Å². The third kappa shape index (κ3) is 4.35. The smallest absolute Gasteiger partial charge is 0.0470 e. The second-order valence-electron chi connectivity index (χ2n) is 5.64. The van der Waals surface area contributed by atoms with Crippen molar-refractivity contribution in [1.29, 1.82) is 0 Å². The summed E-state index contributed by atoms with van der Waals surface area (Å²) in [7, 11) is 0. The van der Waals surface area contributed by atoms with Crippen LogP contribution in [-0.4, -0.2) is 31.1 Å². The van der Waals surface area contributed by atoms with Crippen molar-refractivity contribution in [2.45, 2.75) is 38.1 Å². The molecule has 0 amide bonds. The Balaban J connectivity index is 0.000001000. The van der Waals surface area contributed by atoms with Crippen molar-refractivity contribution in [3.05, 3.63) is 22.4 Å². The molecule has 2 nitrogen and oxygen atoms in total. The molecule has 1 aromatic rings. The Bertz CT molecular complexity index is 329. The molecule has 2 heterocycles. The number of rotatable bonds is 3. The second-order valence-corrected chi connectivity index (χ2v) is 6.62. The summed E-state index contributed by atoms with van der Waals surface area (Å²) in [5.41, 5.74) is 0. The van der Waals surface area contributed by atoms with Gasteiger partial charge in [-0.2, -0.15) is 0 Å². The SMILES string of the molecule is Cl.Cl.c1csc(C(C2CCCCC2)N2CCNCC2)c1. The molecule has 0 aromatic carbocycles. The van der Waals surface area contributed by atoms with E-state index in [-0.39, 0.29) is 24.8 Å². The van der Waals surface area contributed by atoms with Gasteiger partial charge in [-0.3, -0.25) is 4.90 Å². The summed E-state index contributed by atoms with van der Waals surface area (Å²) in [5.74, 6) is 0.899. The third-order valence-corrected chi connectivity index (χ3v) is 5.42. The average molecular weight is 337 g/mol. The van der Waals surface area contributed by atoms with Gasteiger partial charge in [-0.05, 0) is 30.2 Å². The monoisotopic (exact) mass is 336 g/mol. The van der Waals surface area contributed by atoms with Crippen molar-refractivity contribution in [3.63, 3.8) is 0 Å². The Labute approximate surface area is 139 Å². The number of nitrogens with zero attached hydrogens (tertiary/aromatic N) is 1. The first-order valence-corrected chi connectivity index (χ1v) is 8.31. The fourth-order valence-corrected chi connectivity index (χ4v) is 4.53. The zero-order valence-corrected chi connectivity index (χ0v) is 14.4. The lowest BCUT2D eigenvalue weighted by Crippen LogP contribution is -2.47. The molecule has 1 aliphatic heterocycles. The van der Waals surface area contributed by atoms with Crippen LogP contribution in [0, 0.1) is 5.92 Å². The van der Waals surface area contributed by atoms with E-state index >= 15 is 0 Å². The number of hydrogen-bond donors (Lipinski definition) is 1. The minimum Gasteiger partial charge on any atom is -0.314 e. The predicted octanol–water partition coefficient (Wildman–Crippen LogP) is 4.12. The van der Waals surface area contributed by atoms with Crippen molar-refractivity contribution in [1.82, 2.24) is 10.2 Å². The molecule has 1 unspecified atom stereocenters. The van der Waals surface area contributed by atoms with Gasteiger partial charge in [0, 0.05) is 37.1 Å². The van der Waals surface area contributed by atoms with Crippen LogP contribution in [0.3, 0.4) is 0 Å². The molecule has 2 aliphatic rings. The maximum atomic E-state index is 3.48. The number of nitrogens with one attached hydrogen (secondary N) is 1. The van der Waals surface area contributed by atoms with E-state index in [1.54, 1.807) is 4.88 Å². The van der Waals surface area contributed by atoms with Gasteiger partial charge in [0.25, 0.3) is 0 Å². The van der Waals surface area contributed by atoms with E-state index < -0.39 is 0 Å². The van der Waals surface area contributed by atoms with Gasteiger partial charge in [0.15, 0.2) is 0 Å². The summed E-state index contributed by atoms with van der Waals surface area (Å²) in [4.78, 5) is 4.34. The first-order chi connectivity index (χ1) is 8.95. The van der Waals surface area contributed by atoms with E-state index in [4.69, 9.17) is 0 Å². The highest BCUT2D eigenvalue weighted by atomic mass is 35.5. The normalized spacial score (nSPS) is 22.6. The molecule has 5 heteroatoms. The Hall–Kier alpha value is 0.200. The molecular formula is C15H26Cl2N2S. The molecule has 1 aromatic heterocycles. The summed E-state index contributed by atoms with van der Waals surface area (Å²) in [6.07, 6.45) is 7.21. The highest BCUT2D eigenvalue weighted by Crippen LogP contribution is 2.40. The van der Waals surface area contributed by atoms with Gasteiger partial charge >= 0.3 is 0 Å². The fourth-order valence-electron chi connectivity index (χ4n) is 3.58. The minimum atomic E-state index is 0. The molecule has 20 heavy (non-hydrogen) atoms. The second kappa shape index (κ2) is 9.26. The van der Waals surface area contributed by atoms with Crippen molar-refractivity contribution >= 4 is 36.2 Å². The van der Waals surface area contributed by atoms with Gasteiger partial charge in [0.05, 0.1) is 0 Å². The van der Waals surface area contributed by atoms with E-state index in [2.05, 4.69) is 27.7 Å². The molecule has 0 bridgehead atoms. The van der Waals surface area contributed by atoms with Crippen molar-refractivity contribution < 1.29 is 0 Å². The van der Waals surface area contributed by atoms with Crippen LogP contribution in [-0.2, 0) is 0 Å². The van der Waals surface area contributed by atoms with E-state index in [0.29, 0.717) is 6.04 Å². The highest BCUT2D eigenvalue weighted by Gasteiger charge is 2.31. The summed E-state index contributed by atoms with van der Waals surface area (Å²) in [6, 6.07) is 5.27. The average Bonchev–Trinajstić information content (AvgIpc) is 2.95. The van der Waals surface area contributed by atoms with E-state index in [0.717, 1.165) is 19.0 Å². The fraction of sp³-hybridized carbons (Fsp3) is 0.733. The molecule has 1 aliphatic carbocycles. The minimum absolute atomic E-state index is 0. The lowest BCUT2D eigenvalue weighted by molar-refractivity contribution is 0.106. The van der Waals surface area contributed by atoms with Crippen LogP contribution in [0.5, 0.6) is 0 Å². The molecule has 1 N–H and O–H groups in total. The Morgan fingerprint density at radius 2 is 1.80 bits per heavy atom. The maximum absolute atomic E-state index is 3.48. The first-order valence-electron chi connectivity index (χ1n) is 7.43. The van der Waals surface area contributed by atoms with Gasteiger partial charge < -0.3 is 5.32 Å². The van der Waals surface area contributed by atoms with E-state index in [1.165, 1.54) is 45.2 Å². The van der Waals surface area contributed by atoms with Crippen molar-refractivity contribution in [2.24, 2.45) is 5.92 Å². The highest BCUT2D eigenvalue weighted by molar-refractivity contribution is 7.10. The molecule has 116 valence electrons. The summed E-state index contributed by atoms with van der Waals surface area (Å²) < 4.78 is 0. The van der Waals surface area contributed by atoms with Crippen LogP contribution < -0.4 is 5.32 Å². The van der Waals surface area contributed by atoms with Crippen LogP contribution >= 0.6 is 36.2 Å². The molecular weight excluding hydrogens is 311 g/mol. The van der Waals surface area contributed by atoms with Crippen LogP contribution in [0.25, 0.3) is 0 Å². The Kier molecular flexibility index (Phi) is 8.45. The van der Waals surface area contributed by atoms with Crippen LogP contribution in [0.4, 0.5) is 0 Å². The standard InChI is InChI=1S/C15H24N2S.2ClH/c1-2-5-13(6-3-1)15(14-7-4-12-18-14)17-10-8-16-9-11-17;;/h4,7,12-13,15-16H,1-3,5-6,8-11H2;2*1H. The van der Waals surface area contributed by atoms with Crippen LogP contribution in [0.2, 0.25) is 0 Å². The van der Waals surface area contributed by atoms with Crippen LogP contribution in [0.15, 0.2) is 17.5 Å². The zero-order valence-electron chi connectivity index (χ0n) is 11.9. The summed E-state index contributed by atoms with van der Waals surface area (Å²) >= 11 is 1.96. The van der Waals surface area contributed by atoms with Crippen LogP contribution in [0.1, 0.15) is 43.0 Å². The molecule has 0 spiro atoms. The number of hydrogen-bond acceptors (Lipinski definition) is 3. The summed E-state index contributed by atoms with van der Waals surface area (Å²) in [5, 5.41) is 5.72. The van der Waals surface area contributed by atoms with Crippen molar-refractivity contribution in [3.8, 4) is 0 Å². The van der Waals surface area contributed by atoms with Gasteiger partial charge in [-0.25, -0.2) is 0 Å². The van der Waals surface area contributed by atoms with Gasteiger partial charge in [-0.15, -0.1) is 36.2 Å². The predicted molar refractivity (Wildman–Crippen MR) is 92.6 cm³/mol. The van der Waals surface area contributed by atoms with Gasteiger partial charge in [0.1, 0.15) is 0 Å². The largest absolute Gasteiger partial charge is 0.314 e. The lowest BCUT2D eigenvalue weighted by Gasteiger charge is -2.40. The molecule has 2 fully saturated rings. The number of halogens is 2. The van der Waals surface area contributed by atoms with E-state index in [9.17, 15) is 0 Å². The third-order valence-electron chi connectivity index (χ3n) is 4.48. The first kappa shape index (κ1) is 18.2. The molecule has 0 radical (unpaired) electrons. The summed E-state index contributed by atoms with van der Waals surface area (Å²) in [6.45, 7) is 4.77. The number of thiophene rings is 1. The van der Waals surface area contributed by atoms with Crippen molar-refractivity contribution in [2.75, 3.05) is 26.2 Å².